The lowest BCUT2D eigenvalue weighted by Crippen LogP contribution is -2.14. The molecule has 0 aliphatic heterocycles. The average Bonchev–Trinajstić information content (AvgIpc) is 2.70. The minimum atomic E-state index is -0.737. The predicted octanol–water partition coefficient (Wildman–Crippen LogP) is -0.477. The Morgan fingerprint density at radius 2 is 2.22 bits per heavy atom. The molecule has 0 bridgehead atoms. The Bertz CT molecular complexity index is 667. The van der Waals surface area contributed by atoms with Crippen LogP contribution in [0.1, 0.15) is 21.9 Å². The maximum Gasteiger partial charge on any atom is 0.271 e. The molecule has 2 rings (SSSR count). The van der Waals surface area contributed by atoms with Crippen molar-refractivity contribution in [3.8, 4) is 12.0 Å². The fraction of sp³-hybridized carbons (Fsp3) is 0.100. The summed E-state index contributed by atoms with van der Waals surface area (Å²) < 4.78 is 1.21. The molecule has 0 aromatic carbocycles. The van der Waals surface area contributed by atoms with Crippen LogP contribution in [-0.2, 0) is 0 Å². The molecule has 0 saturated carbocycles. The molecule has 4 N–H and O–H groups in total. The first-order valence-electron chi connectivity index (χ1n) is 4.92. The van der Waals surface area contributed by atoms with Crippen LogP contribution in [0.2, 0.25) is 0 Å². The van der Waals surface area contributed by atoms with Gasteiger partial charge in [-0.05, 0) is 13.0 Å². The molecule has 0 aliphatic rings. The summed E-state index contributed by atoms with van der Waals surface area (Å²) >= 11 is 0. The number of carbonyl (C=O) groups excluding carboxylic acids is 1. The van der Waals surface area contributed by atoms with E-state index in [4.69, 9.17) is 16.7 Å². The molecule has 90 valence electrons. The molecule has 8 heteroatoms. The van der Waals surface area contributed by atoms with Crippen molar-refractivity contribution in [2.75, 3.05) is 5.73 Å². The zero-order valence-electron chi connectivity index (χ0n) is 9.45. The molecule has 0 saturated heterocycles. The zero-order valence-corrected chi connectivity index (χ0v) is 9.45. The molecule has 18 heavy (non-hydrogen) atoms. The number of hydrogen-bond donors (Lipinski definition) is 2. The van der Waals surface area contributed by atoms with Crippen LogP contribution in [0.25, 0.3) is 5.95 Å². The topological polar surface area (TPSA) is 136 Å². The van der Waals surface area contributed by atoms with E-state index in [1.807, 2.05) is 6.07 Å². The highest BCUT2D eigenvalue weighted by Crippen LogP contribution is 2.11. The van der Waals surface area contributed by atoms with E-state index in [1.54, 1.807) is 6.92 Å². The molecular formula is C10H9N7O. The normalized spacial score (nSPS) is 10.0. The van der Waals surface area contributed by atoms with Crippen LogP contribution >= 0.6 is 0 Å². The van der Waals surface area contributed by atoms with Gasteiger partial charge in [0.25, 0.3) is 11.9 Å². The maximum absolute atomic E-state index is 11.0. The Morgan fingerprint density at radius 1 is 1.50 bits per heavy atom. The van der Waals surface area contributed by atoms with Gasteiger partial charge in [-0.2, -0.15) is 10.4 Å². The average molecular weight is 243 g/mol. The monoisotopic (exact) mass is 243 g/mol. The minimum Gasteiger partial charge on any atom is -0.395 e. The number of anilines is 1. The van der Waals surface area contributed by atoms with Crippen LogP contribution in [0, 0.1) is 18.3 Å². The Kier molecular flexibility index (Phi) is 2.65. The van der Waals surface area contributed by atoms with Gasteiger partial charge in [-0.25, -0.2) is 14.6 Å². The SMILES string of the molecule is Cc1cc(C#N)nc(-n2cc(N)c(C(N)=O)n2)n1. The molecule has 0 spiro atoms. The second-order valence-electron chi connectivity index (χ2n) is 3.55. The van der Waals surface area contributed by atoms with Gasteiger partial charge < -0.3 is 11.5 Å². The molecule has 0 unspecified atom stereocenters. The number of rotatable bonds is 2. The largest absolute Gasteiger partial charge is 0.395 e. The van der Waals surface area contributed by atoms with Crippen LogP contribution in [-0.4, -0.2) is 25.7 Å². The molecule has 2 heterocycles. The molecule has 0 aliphatic carbocycles. The van der Waals surface area contributed by atoms with Crippen LogP contribution < -0.4 is 11.5 Å². The lowest BCUT2D eigenvalue weighted by atomic mass is 10.3. The van der Waals surface area contributed by atoms with Crippen molar-refractivity contribution in [2.24, 2.45) is 5.73 Å². The number of nitrogens with two attached hydrogens (primary N) is 2. The molecule has 0 radical (unpaired) electrons. The fourth-order valence-electron chi connectivity index (χ4n) is 1.39. The summed E-state index contributed by atoms with van der Waals surface area (Å²) in [4.78, 5) is 19.1. The summed E-state index contributed by atoms with van der Waals surface area (Å²) in [5.41, 5.74) is 11.6. The Labute approximate surface area is 102 Å². The number of carbonyl (C=O) groups is 1. The van der Waals surface area contributed by atoms with Gasteiger partial charge in [0.1, 0.15) is 11.8 Å². The molecule has 1 amide bonds. The van der Waals surface area contributed by atoms with E-state index in [9.17, 15) is 4.79 Å². The van der Waals surface area contributed by atoms with Gasteiger partial charge in [-0.3, -0.25) is 4.79 Å². The van der Waals surface area contributed by atoms with Gasteiger partial charge in [-0.15, -0.1) is 0 Å². The van der Waals surface area contributed by atoms with Gasteiger partial charge in [0.05, 0.1) is 11.9 Å². The van der Waals surface area contributed by atoms with Gasteiger partial charge in [0.2, 0.25) is 0 Å². The number of aryl methyl sites for hydroxylation is 1. The van der Waals surface area contributed by atoms with Crippen LogP contribution in [0.4, 0.5) is 5.69 Å². The van der Waals surface area contributed by atoms with Crippen molar-refractivity contribution in [2.45, 2.75) is 6.92 Å². The van der Waals surface area contributed by atoms with E-state index in [0.29, 0.717) is 5.69 Å². The number of nitrogens with zero attached hydrogens (tertiary/aromatic N) is 5. The molecule has 2 aromatic rings. The summed E-state index contributed by atoms with van der Waals surface area (Å²) in [6.07, 6.45) is 1.37. The summed E-state index contributed by atoms with van der Waals surface area (Å²) in [5.74, 6) is -0.579. The first-order valence-corrected chi connectivity index (χ1v) is 4.92. The van der Waals surface area contributed by atoms with Crippen molar-refractivity contribution in [3.05, 3.63) is 29.3 Å². The molecule has 2 aromatic heterocycles. The highest BCUT2D eigenvalue weighted by Gasteiger charge is 2.14. The smallest absolute Gasteiger partial charge is 0.271 e. The number of amides is 1. The standard InChI is InChI=1S/C10H9N7O/c1-5-2-6(3-11)15-10(14-5)17-4-7(12)8(16-17)9(13)18/h2,4H,12H2,1H3,(H2,13,18). The minimum absolute atomic E-state index is 0.0568. The highest BCUT2D eigenvalue weighted by molar-refractivity contribution is 5.95. The Morgan fingerprint density at radius 3 is 2.78 bits per heavy atom. The Balaban J connectivity index is 2.56. The quantitative estimate of drug-likeness (QED) is 0.731. The van der Waals surface area contributed by atoms with Crippen molar-refractivity contribution in [1.82, 2.24) is 19.7 Å². The fourth-order valence-corrected chi connectivity index (χ4v) is 1.39. The second-order valence-corrected chi connectivity index (χ2v) is 3.55. The van der Waals surface area contributed by atoms with E-state index >= 15 is 0 Å². The van der Waals surface area contributed by atoms with Crippen molar-refractivity contribution in [3.63, 3.8) is 0 Å². The molecule has 0 fully saturated rings. The molecule has 0 atom stereocenters. The second kappa shape index (κ2) is 4.14. The van der Waals surface area contributed by atoms with Crippen molar-refractivity contribution >= 4 is 11.6 Å². The van der Waals surface area contributed by atoms with Crippen molar-refractivity contribution < 1.29 is 4.79 Å². The van der Waals surface area contributed by atoms with Gasteiger partial charge in [0.15, 0.2) is 5.69 Å². The van der Waals surface area contributed by atoms with Gasteiger partial charge >= 0.3 is 0 Å². The van der Waals surface area contributed by atoms with Crippen molar-refractivity contribution in [1.29, 1.82) is 5.26 Å². The summed E-state index contributed by atoms with van der Waals surface area (Å²) in [5, 5.41) is 12.7. The first kappa shape index (κ1) is 11.5. The number of hydrogen-bond acceptors (Lipinski definition) is 6. The lowest BCUT2D eigenvalue weighted by molar-refractivity contribution is 0.0996. The molecule has 8 nitrogen and oxygen atoms in total. The maximum atomic E-state index is 11.0. The number of nitriles is 1. The van der Waals surface area contributed by atoms with Crippen LogP contribution in [0.5, 0.6) is 0 Å². The number of primary amides is 1. The summed E-state index contributed by atoms with van der Waals surface area (Å²) in [6, 6.07) is 3.44. The van der Waals surface area contributed by atoms with Crippen LogP contribution in [0.15, 0.2) is 12.3 Å². The van der Waals surface area contributed by atoms with E-state index in [-0.39, 0.29) is 23.0 Å². The third kappa shape index (κ3) is 1.97. The predicted molar refractivity (Wildman–Crippen MR) is 61.5 cm³/mol. The summed E-state index contributed by atoms with van der Waals surface area (Å²) in [6.45, 7) is 1.72. The molecular weight excluding hydrogens is 234 g/mol. The van der Waals surface area contributed by atoms with Gasteiger partial charge in [-0.1, -0.05) is 0 Å². The van der Waals surface area contributed by atoms with E-state index in [2.05, 4.69) is 15.1 Å². The number of nitrogen functional groups attached to an aromatic ring is 1. The zero-order chi connectivity index (χ0) is 13.3. The third-order valence-corrected chi connectivity index (χ3v) is 2.14. The number of aromatic nitrogens is 4. The Hall–Kier alpha value is -2.95. The van der Waals surface area contributed by atoms with E-state index in [1.165, 1.54) is 16.9 Å². The summed E-state index contributed by atoms with van der Waals surface area (Å²) in [7, 11) is 0. The van der Waals surface area contributed by atoms with E-state index in [0.717, 1.165) is 0 Å². The van der Waals surface area contributed by atoms with Gasteiger partial charge in [0, 0.05) is 5.69 Å². The van der Waals surface area contributed by atoms with Crippen LogP contribution in [0.3, 0.4) is 0 Å². The van der Waals surface area contributed by atoms with E-state index < -0.39 is 5.91 Å². The first-order chi connectivity index (χ1) is 8.51. The lowest BCUT2D eigenvalue weighted by Gasteiger charge is -2.00. The third-order valence-electron chi connectivity index (χ3n) is 2.14. The highest BCUT2D eigenvalue weighted by atomic mass is 16.1.